The van der Waals surface area contributed by atoms with Crippen molar-refractivity contribution in [3.8, 4) is 5.75 Å². The minimum atomic E-state index is -0.0363. The number of hydrogen-bond donors (Lipinski definition) is 0. The van der Waals surface area contributed by atoms with E-state index >= 15 is 0 Å². The van der Waals surface area contributed by atoms with Crippen molar-refractivity contribution >= 4 is 0 Å². The highest BCUT2D eigenvalue weighted by atomic mass is 16.5. The van der Waals surface area contributed by atoms with E-state index in [1.807, 2.05) is 12.3 Å². The number of hydrogen-bond acceptors (Lipinski definition) is 2. The fourth-order valence-electron chi connectivity index (χ4n) is 1.44. The van der Waals surface area contributed by atoms with Crippen molar-refractivity contribution in [1.29, 1.82) is 0 Å². The molecule has 11 heavy (non-hydrogen) atoms. The van der Waals surface area contributed by atoms with Gasteiger partial charge in [-0.05, 0) is 19.9 Å². The summed E-state index contributed by atoms with van der Waals surface area (Å²) < 4.78 is 5.63. The van der Waals surface area contributed by atoms with E-state index in [2.05, 4.69) is 18.8 Å². The first-order valence-corrected chi connectivity index (χ1v) is 3.79. The van der Waals surface area contributed by atoms with E-state index in [1.54, 1.807) is 6.20 Å². The molecule has 0 saturated heterocycles. The summed E-state index contributed by atoms with van der Waals surface area (Å²) >= 11 is 0. The van der Waals surface area contributed by atoms with Gasteiger partial charge in [-0.15, -0.1) is 0 Å². The quantitative estimate of drug-likeness (QED) is 0.561. The van der Waals surface area contributed by atoms with Crippen molar-refractivity contribution < 1.29 is 4.74 Å². The van der Waals surface area contributed by atoms with Crippen LogP contribution in [0.15, 0.2) is 18.5 Å². The van der Waals surface area contributed by atoms with Gasteiger partial charge in [-0.1, -0.05) is 0 Å². The Morgan fingerprint density at radius 1 is 1.55 bits per heavy atom. The number of ether oxygens (including phenoxy) is 1. The van der Waals surface area contributed by atoms with Crippen LogP contribution in [0.1, 0.15) is 19.4 Å². The van der Waals surface area contributed by atoms with Crippen LogP contribution in [0.25, 0.3) is 0 Å². The third-order valence-corrected chi connectivity index (χ3v) is 1.87. The molecule has 58 valence electrons. The monoisotopic (exact) mass is 149 g/mol. The lowest BCUT2D eigenvalue weighted by molar-refractivity contribution is 0.138. The summed E-state index contributed by atoms with van der Waals surface area (Å²) in [5.74, 6) is 0.942. The fraction of sp³-hybridized carbons (Fsp3) is 0.444. The van der Waals surface area contributed by atoms with E-state index < -0.39 is 0 Å². The largest absolute Gasteiger partial charge is 0.486 e. The van der Waals surface area contributed by atoms with Gasteiger partial charge in [0.05, 0.1) is 6.20 Å². The number of nitrogens with zero attached hydrogens (tertiary/aromatic N) is 1. The topological polar surface area (TPSA) is 22.1 Å². The number of pyridine rings is 1. The van der Waals surface area contributed by atoms with E-state index in [0.717, 1.165) is 12.2 Å². The van der Waals surface area contributed by atoms with Crippen LogP contribution in [0.2, 0.25) is 0 Å². The van der Waals surface area contributed by atoms with E-state index in [0.29, 0.717) is 0 Å². The molecule has 0 unspecified atom stereocenters. The van der Waals surface area contributed by atoms with Gasteiger partial charge in [0.15, 0.2) is 0 Å². The van der Waals surface area contributed by atoms with Gasteiger partial charge in [-0.2, -0.15) is 0 Å². The average Bonchev–Trinajstić information content (AvgIpc) is 2.21. The van der Waals surface area contributed by atoms with Gasteiger partial charge >= 0.3 is 0 Å². The van der Waals surface area contributed by atoms with Crippen LogP contribution in [0, 0.1) is 0 Å². The smallest absolute Gasteiger partial charge is 0.141 e. The van der Waals surface area contributed by atoms with E-state index in [9.17, 15) is 0 Å². The molecular formula is C9H11NO. The standard InChI is InChI=1S/C9H11NO/c1-9(2)5-7-3-4-10-6-8(7)11-9/h3-4,6H,5H2,1-2H3. The summed E-state index contributed by atoms with van der Waals surface area (Å²) in [6.07, 6.45) is 4.58. The predicted octanol–water partition coefficient (Wildman–Crippen LogP) is 1.80. The van der Waals surface area contributed by atoms with Gasteiger partial charge in [0.2, 0.25) is 0 Å². The molecule has 0 atom stereocenters. The second kappa shape index (κ2) is 1.97. The Balaban J connectivity index is 2.41. The molecule has 0 fully saturated rings. The third-order valence-electron chi connectivity index (χ3n) is 1.87. The third kappa shape index (κ3) is 1.09. The maximum absolute atomic E-state index is 5.63. The Morgan fingerprint density at radius 3 is 3.09 bits per heavy atom. The summed E-state index contributed by atoms with van der Waals surface area (Å²) in [6, 6.07) is 2.02. The summed E-state index contributed by atoms with van der Waals surface area (Å²) in [4.78, 5) is 4.00. The van der Waals surface area contributed by atoms with Crippen LogP contribution < -0.4 is 4.74 Å². The molecule has 1 aliphatic rings. The SMILES string of the molecule is CC1(C)Cc2ccncc2O1. The van der Waals surface area contributed by atoms with Crippen LogP contribution >= 0.6 is 0 Å². The molecule has 0 spiro atoms. The van der Waals surface area contributed by atoms with Crippen LogP contribution in [0.5, 0.6) is 5.75 Å². The Morgan fingerprint density at radius 2 is 2.36 bits per heavy atom. The van der Waals surface area contributed by atoms with E-state index in [4.69, 9.17) is 4.74 Å². The van der Waals surface area contributed by atoms with Crippen LogP contribution in [0.3, 0.4) is 0 Å². The first kappa shape index (κ1) is 6.65. The molecule has 2 heteroatoms. The summed E-state index contributed by atoms with van der Waals surface area (Å²) in [6.45, 7) is 4.18. The van der Waals surface area contributed by atoms with Gasteiger partial charge in [0, 0.05) is 18.2 Å². The minimum absolute atomic E-state index is 0.0363. The lowest BCUT2D eigenvalue weighted by Crippen LogP contribution is -2.24. The van der Waals surface area contributed by atoms with Crippen molar-refractivity contribution in [1.82, 2.24) is 4.98 Å². The molecule has 0 radical (unpaired) electrons. The Kier molecular flexibility index (Phi) is 1.19. The summed E-state index contributed by atoms with van der Waals surface area (Å²) in [5, 5.41) is 0. The van der Waals surface area contributed by atoms with Gasteiger partial charge in [0.25, 0.3) is 0 Å². The molecule has 2 heterocycles. The minimum Gasteiger partial charge on any atom is -0.486 e. The van der Waals surface area contributed by atoms with Gasteiger partial charge in [-0.25, -0.2) is 0 Å². The zero-order valence-electron chi connectivity index (χ0n) is 6.79. The summed E-state index contributed by atoms with van der Waals surface area (Å²) in [5.41, 5.74) is 1.23. The van der Waals surface area contributed by atoms with Crippen LogP contribution in [-0.2, 0) is 6.42 Å². The highest BCUT2D eigenvalue weighted by molar-refractivity contribution is 5.35. The Hall–Kier alpha value is -1.05. The second-order valence-corrected chi connectivity index (χ2v) is 3.52. The van der Waals surface area contributed by atoms with Crippen LogP contribution in [-0.4, -0.2) is 10.6 Å². The second-order valence-electron chi connectivity index (χ2n) is 3.52. The number of rotatable bonds is 0. The summed E-state index contributed by atoms with van der Waals surface area (Å²) in [7, 11) is 0. The molecule has 0 bridgehead atoms. The number of aromatic nitrogens is 1. The zero-order chi connectivity index (χ0) is 7.90. The maximum atomic E-state index is 5.63. The molecule has 1 aromatic rings. The van der Waals surface area contributed by atoms with Crippen molar-refractivity contribution in [2.45, 2.75) is 25.9 Å². The van der Waals surface area contributed by atoms with Crippen molar-refractivity contribution in [2.75, 3.05) is 0 Å². The lowest BCUT2D eigenvalue weighted by atomic mass is 10.0. The van der Waals surface area contributed by atoms with Crippen molar-refractivity contribution in [3.63, 3.8) is 0 Å². The zero-order valence-corrected chi connectivity index (χ0v) is 6.79. The molecule has 1 aliphatic heterocycles. The first-order chi connectivity index (χ1) is 5.17. The number of fused-ring (bicyclic) bond motifs is 1. The molecule has 0 saturated carbocycles. The Labute approximate surface area is 66.2 Å². The van der Waals surface area contributed by atoms with E-state index in [-0.39, 0.29) is 5.60 Å². The van der Waals surface area contributed by atoms with Gasteiger partial charge in [0.1, 0.15) is 11.4 Å². The van der Waals surface area contributed by atoms with Crippen molar-refractivity contribution in [2.24, 2.45) is 0 Å². The first-order valence-electron chi connectivity index (χ1n) is 3.79. The maximum Gasteiger partial charge on any atom is 0.141 e. The molecule has 0 aliphatic carbocycles. The lowest BCUT2D eigenvalue weighted by Gasteiger charge is -2.16. The predicted molar refractivity (Wildman–Crippen MR) is 42.6 cm³/mol. The van der Waals surface area contributed by atoms with Gasteiger partial charge in [-0.3, -0.25) is 4.98 Å². The molecule has 1 aromatic heterocycles. The normalized spacial score (nSPS) is 19.1. The Bertz CT molecular complexity index is 254. The fourth-order valence-corrected chi connectivity index (χ4v) is 1.44. The molecule has 2 rings (SSSR count). The van der Waals surface area contributed by atoms with E-state index in [1.165, 1.54) is 5.56 Å². The molecule has 2 nitrogen and oxygen atoms in total. The molecule has 0 N–H and O–H groups in total. The molecule has 0 amide bonds. The van der Waals surface area contributed by atoms with Gasteiger partial charge < -0.3 is 4.74 Å². The molecular weight excluding hydrogens is 138 g/mol. The van der Waals surface area contributed by atoms with Crippen LogP contribution in [0.4, 0.5) is 0 Å². The average molecular weight is 149 g/mol. The molecule has 0 aromatic carbocycles. The highest BCUT2D eigenvalue weighted by Crippen LogP contribution is 2.33. The highest BCUT2D eigenvalue weighted by Gasteiger charge is 2.29. The van der Waals surface area contributed by atoms with Crippen molar-refractivity contribution in [3.05, 3.63) is 24.0 Å².